The van der Waals surface area contributed by atoms with Gasteiger partial charge in [-0.1, -0.05) is 20.8 Å². The summed E-state index contributed by atoms with van der Waals surface area (Å²) in [6, 6.07) is 0.744. The van der Waals surface area contributed by atoms with Crippen LogP contribution in [0.1, 0.15) is 48.0 Å². The average molecular weight is 169 g/mol. The van der Waals surface area contributed by atoms with Crippen LogP contribution in [0.25, 0.3) is 0 Å². The van der Waals surface area contributed by atoms with E-state index in [1.54, 1.807) is 0 Å². The van der Waals surface area contributed by atoms with E-state index in [9.17, 15) is 0 Å². The van der Waals surface area contributed by atoms with Crippen molar-refractivity contribution < 1.29 is 0 Å². The summed E-state index contributed by atoms with van der Waals surface area (Å²) < 4.78 is 0. The van der Waals surface area contributed by atoms with Crippen molar-refractivity contribution in [2.45, 2.75) is 59.5 Å². The maximum absolute atomic E-state index is 2.62. The molecule has 1 aliphatic rings. The van der Waals surface area contributed by atoms with Crippen molar-refractivity contribution in [2.75, 3.05) is 6.54 Å². The van der Waals surface area contributed by atoms with Crippen molar-refractivity contribution in [1.29, 1.82) is 0 Å². The minimum absolute atomic E-state index is 0.391. The largest absolute Gasteiger partial charge is 0.294 e. The van der Waals surface area contributed by atoms with Crippen LogP contribution in [0.5, 0.6) is 0 Å². The van der Waals surface area contributed by atoms with E-state index in [-0.39, 0.29) is 0 Å². The van der Waals surface area contributed by atoms with E-state index >= 15 is 0 Å². The van der Waals surface area contributed by atoms with E-state index in [1.165, 1.54) is 13.0 Å². The molecular weight excluding hydrogens is 146 g/mol. The Kier molecular flexibility index (Phi) is 2.28. The summed E-state index contributed by atoms with van der Waals surface area (Å²) in [7, 11) is 0. The minimum atomic E-state index is 0.391. The van der Waals surface area contributed by atoms with Gasteiger partial charge in [0.25, 0.3) is 0 Å². The first-order valence-corrected chi connectivity index (χ1v) is 5.09. The van der Waals surface area contributed by atoms with Crippen molar-refractivity contribution in [2.24, 2.45) is 5.41 Å². The van der Waals surface area contributed by atoms with Gasteiger partial charge < -0.3 is 0 Å². The van der Waals surface area contributed by atoms with E-state index in [0.717, 1.165) is 6.04 Å². The molecule has 1 nitrogen and oxygen atoms in total. The van der Waals surface area contributed by atoms with Crippen LogP contribution >= 0.6 is 0 Å². The minimum Gasteiger partial charge on any atom is -0.294 e. The standard InChI is InChI=1S/C11H23N/c1-7-9(2)12-8-10(3,4)11(12,5)6/h9H,7-8H2,1-6H3. The Hall–Kier alpha value is -0.0400. The average Bonchev–Trinajstić information content (AvgIpc) is 1.99. The molecule has 1 rings (SSSR count). The first kappa shape index (κ1) is 10.0. The molecule has 1 aliphatic heterocycles. The molecule has 0 spiro atoms. The summed E-state index contributed by atoms with van der Waals surface area (Å²) in [4.78, 5) is 2.62. The molecular formula is C11H23N. The molecule has 1 fully saturated rings. The summed E-state index contributed by atoms with van der Waals surface area (Å²) in [6.45, 7) is 15.3. The Morgan fingerprint density at radius 2 is 1.75 bits per heavy atom. The Balaban J connectivity index is 2.65. The van der Waals surface area contributed by atoms with Gasteiger partial charge in [-0.2, -0.15) is 0 Å². The number of hydrogen-bond acceptors (Lipinski definition) is 1. The molecule has 1 atom stereocenters. The second kappa shape index (κ2) is 2.73. The summed E-state index contributed by atoms with van der Waals surface area (Å²) in [5.41, 5.74) is 0.888. The van der Waals surface area contributed by atoms with E-state index in [0.29, 0.717) is 11.0 Å². The molecule has 12 heavy (non-hydrogen) atoms. The molecule has 0 aromatic rings. The predicted octanol–water partition coefficient (Wildman–Crippen LogP) is 2.91. The fourth-order valence-electron chi connectivity index (χ4n) is 2.04. The van der Waals surface area contributed by atoms with Gasteiger partial charge >= 0.3 is 0 Å². The van der Waals surface area contributed by atoms with Crippen LogP contribution < -0.4 is 0 Å². The highest BCUT2D eigenvalue weighted by Crippen LogP contribution is 2.47. The lowest BCUT2D eigenvalue weighted by molar-refractivity contribution is -0.138. The third-order valence-corrected chi connectivity index (χ3v) is 4.06. The third kappa shape index (κ3) is 1.19. The van der Waals surface area contributed by atoms with Gasteiger partial charge in [-0.3, -0.25) is 4.90 Å². The SMILES string of the molecule is CCC(C)N1CC(C)(C)C1(C)C. The van der Waals surface area contributed by atoms with Crippen LogP contribution in [-0.2, 0) is 0 Å². The lowest BCUT2D eigenvalue weighted by Gasteiger charge is -2.63. The number of rotatable bonds is 2. The first-order valence-electron chi connectivity index (χ1n) is 5.09. The highest BCUT2D eigenvalue weighted by molar-refractivity contribution is 5.07. The molecule has 0 bridgehead atoms. The van der Waals surface area contributed by atoms with Crippen molar-refractivity contribution >= 4 is 0 Å². The van der Waals surface area contributed by atoms with Gasteiger partial charge in [0.15, 0.2) is 0 Å². The van der Waals surface area contributed by atoms with Gasteiger partial charge in [-0.25, -0.2) is 0 Å². The van der Waals surface area contributed by atoms with Crippen molar-refractivity contribution in [3.63, 3.8) is 0 Å². The Labute approximate surface area is 77.1 Å². The van der Waals surface area contributed by atoms with E-state index < -0.39 is 0 Å². The zero-order valence-electron chi connectivity index (χ0n) is 9.44. The zero-order chi connectivity index (χ0) is 9.57. The van der Waals surface area contributed by atoms with Crippen LogP contribution in [0.2, 0.25) is 0 Å². The normalized spacial score (nSPS) is 29.5. The lowest BCUT2D eigenvalue weighted by atomic mass is 9.64. The van der Waals surface area contributed by atoms with Crippen molar-refractivity contribution in [3.8, 4) is 0 Å². The van der Waals surface area contributed by atoms with Crippen LogP contribution in [0.15, 0.2) is 0 Å². The Bertz CT molecular complexity index is 170. The molecule has 0 aromatic heterocycles. The van der Waals surface area contributed by atoms with E-state index in [1.807, 2.05) is 0 Å². The molecule has 1 saturated heterocycles. The van der Waals surface area contributed by atoms with Crippen LogP contribution in [0, 0.1) is 5.41 Å². The van der Waals surface area contributed by atoms with Gasteiger partial charge in [-0.15, -0.1) is 0 Å². The molecule has 1 heterocycles. The molecule has 0 radical (unpaired) electrons. The van der Waals surface area contributed by atoms with Gasteiger partial charge in [0.1, 0.15) is 0 Å². The smallest absolute Gasteiger partial charge is 0.0219 e. The second-order valence-electron chi connectivity index (χ2n) is 5.33. The third-order valence-electron chi connectivity index (χ3n) is 4.06. The topological polar surface area (TPSA) is 3.24 Å². The summed E-state index contributed by atoms with van der Waals surface area (Å²) >= 11 is 0. The number of likely N-dealkylation sites (tertiary alicyclic amines) is 1. The molecule has 0 saturated carbocycles. The Morgan fingerprint density at radius 3 is 2.00 bits per heavy atom. The summed E-state index contributed by atoms with van der Waals surface area (Å²) in [5, 5.41) is 0. The monoisotopic (exact) mass is 169 g/mol. The number of nitrogens with zero attached hydrogens (tertiary/aromatic N) is 1. The molecule has 1 unspecified atom stereocenters. The molecule has 0 aromatic carbocycles. The molecule has 72 valence electrons. The zero-order valence-corrected chi connectivity index (χ0v) is 9.44. The highest BCUT2D eigenvalue weighted by atomic mass is 15.3. The first-order chi connectivity index (χ1) is 5.33. The van der Waals surface area contributed by atoms with Crippen LogP contribution in [0.3, 0.4) is 0 Å². The maximum Gasteiger partial charge on any atom is 0.0219 e. The van der Waals surface area contributed by atoms with E-state index in [2.05, 4.69) is 46.4 Å². The van der Waals surface area contributed by atoms with Crippen LogP contribution in [0.4, 0.5) is 0 Å². The molecule has 0 aliphatic carbocycles. The maximum atomic E-state index is 2.62. The van der Waals surface area contributed by atoms with Crippen molar-refractivity contribution in [3.05, 3.63) is 0 Å². The number of hydrogen-bond donors (Lipinski definition) is 0. The van der Waals surface area contributed by atoms with E-state index in [4.69, 9.17) is 0 Å². The van der Waals surface area contributed by atoms with Gasteiger partial charge in [0.2, 0.25) is 0 Å². The quantitative estimate of drug-likeness (QED) is 0.614. The summed E-state index contributed by atoms with van der Waals surface area (Å²) in [6.07, 6.45) is 1.26. The fraction of sp³-hybridized carbons (Fsp3) is 1.00. The van der Waals surface area contributed by atoms with Crippen LogP contribution in [-0.4, -0.2) is 23.0 Å². The molecule has 1 heteroatoms. The predicted molar refractivity (Wildman–Crippen MR) is 54.3 cm³/mol. The van der Waals surface area contributed by atoms with Gasteiger partial charge in [0.05, 0.1) is 0 Å². The lowest BCUT2D eigenvalue weighted by Crippen LogP contribution is -2.71. The Morgan fingerprint density at radius 1 is 1.25 bits per heavy atom. The highest BCUT2D eigenvalue weighted by Gasteiger charge is 2.53. The molecule has 0 amide bonds. The molecule has 0 N–H and O–H groups in total. The fourth-order valence-corrected chi connectivity index (χ4v) is 2.04. The second-order valence-corrected chi connectivity index (χ2v) is 5.33. The summed E-state index contributed by atoms with van der Waals surface area (Å²) in [5.74, 6) is 0. The van der Waals surface area contributed by atoms with Gasteiger partial charge in [-0.05, 0) is 32.6 Å². The van der Waals surface area contributed by atoms with Gasteiger partial charge in [0, 0.05) is 18.1 Å². The van der Waals surface area contributed by atoms with Crippen molar-refractivity contribution in [1.82, 2.24) is 4.90 Å².